The normalized spacial score (nSPS) is 17.3. The van der Waals surface area contributed by atoms with Gasteiger partial charge in [0.2, 0.25) is 0 Å². The van der Waals surface area contributed by atoms with Crippen LogP contribution in [0.15, 0.2) is 53.0 Å². The molecule has 1 atom stereocenters. The SMILES string of the molecule is COc1ccc(N2CCN(C(=O)Nc3ccc(Br)cc3)CC2C)cc1. The highest BCUT2D eigenvalue weighted by Gasteiger charge is 2.26. The van der Waals surface area contributed by atoms with Gasteiger partial charge in [-0.15, -0.1) is 0 Å². The Hall–Kier alpha value is -2.21. The van der Waals surface area contributed by atoms with Gasteiger partial charge in [-0.2, -0.15) is 0 Å². The van der Waals surface area contributed by atoms with Gasteiger partial charge in [0.15, 0.2) is 0 Å². The fourth-order valence-corrected chi connectivity index (χ4v) is 3.30. The number of benzene rings is 2. The van der Waals surface area contributed by atoms with Crippen LogP contribution in [-0.4, -0.2) is 43.7 Å². The van der Waals surface area contributed by atoms with E-state index in [1.807, 2.05) is 41.3 Å². The van der Waals surface area contributed by atoms with Crippen LogP contribution in [0, 0.1) is 0 Å². The Balaban J connectivity index is 1.60. The van der Waals surface area contributed by atoms with E-state index in [1.165, 1.54) is 0 Å². The zero-order valence-electron chi connectivity index (χ0n) is 14.4. The van der Waals surface area contributed by atoms with Gasteiger partial charge in [0.1, 0.15) is 5.75 Å². The van der Waals surface area contributed by atoms with E-state index in [2.05, 4.69) is 45.2 Å². The second-order valence-electron chi connectivity index (χ2n) is 6.12. The van der Waals surface area contributed by atoms with E-state index in [-0.39, 0.29) is 12.1 Å². The van der Waals surface area contributed by atoms with E-state index < -0.39 is 0 Å². The Kier molecular flexibility index (Phi) is 5.48. The average molecular weight is 404 g/mol. The van der Waals surface area contributed by atoms with E-state index in [1.54, 1.807) is 7.11 Å². The summed E-state index contributed by atoms with van der Waals surface area (Å²) in [5.41, 5.74) is 1.96. The highest BCUT2D eigenvalue weighted by atomic mass is 79.9. The molecule has 2 aromatic carbocycles. The summed E-state index contributed by atoms with van der Waals surface area (Å²) in [6.07, 6.45) is 0. The van der Waals surface area contributed by atoms with Crippen molar-refractivity contribution in [2.24, 2.45) is 0 Å². The van der Waals surface area contributed by atoms with Crippen LogP contribution in [0.25, 0.3) is 0 Å². The number of halogens is 1. The number of hydrogen-bond acceptors (Lipinski definition) is 3. The van der Waals surface area contributed by atoms with Crippen molar-refractivity contribution in [3.63, 3.8) is 0 Å². The molecule has 1 aliphatic heterocycles. The fraction of sp³-hybridized carbons (Fsp3) is 0.316. The molecule has 1 N–H and O–H groups in total. The molecule has 1 aliphatic rings. The molecule has 1 fully saturated rings. The molecule has 2 amide bonds. The molecule has 132 valence electrons. The Morgan fingerprint density at radius 2 is 1.80 bits per heavy atom. The van der Waals surface area contributed by atoms with Crippen molar-refractivity contribution in [3.8, 4) is 5.75 Å². The van der Waals surface area contributed by atoms with Crippen LogP contribution < -0.4 is 15.0 Å². The first-order chi connectivity index (χ1) is 12.1. The fourth-order valence-electron chi connectivity index (χ4n) is 3.04. The van der Waals surface area contributed by atoms with E-state index in [9.17, 15) is 4.79 Å². The quantitative estimate of drug-likeness (QED) is 0.834. The second kappa shape index (κ2) is 7.78. The molecule has 0 aliphatic carbocycles. The molecule has 0 bridgehead atoms. The molecular formula is C19H22BrN3O2. The topological polar surface area (TPSA) is 44.8 Å². The van der Waals surface area contributed by atoms with Gasteiger partial charge >= 0.3 is 6.03 Å². The lowest BCUT2D eigenvalue weighted by molar-refractivity contribution is 0.200. The van der Waals surface area contributed by atoms with Gasteiger partial charge in [-0.3, -0.25) is 0 Å². The summed E-state index contributed by atoms with van der Waals surface area (Å²) in [7, 11) is 1.67. The first kappa shape index (κ1) is 17.6. The van der Waals surface area contributed by atoms with Gasteiger partial charge < -0.3 is 19.9 Å². The molecule has 6 heteroatoms. The predicted molar refractivity (Wildman–Crippen MR) is 105 cm³/mol. The number of carbonyl (C=O) groups excluding carboxylic acids is 1. The number of ether oxygens (including phenoxy) is 1. The van der Waals surface area contributed by atoms with Crippen molar-refractivity contribution in [2.75, 3.05) is 37.0 Å². The number of nitrogens with zero attached hydrogens (tertiary/aromatic N) is 2. The molecular weight excluding hydrogens is 382 g/mol. The van der Waals surface area contributed by atoms with Crippen molar-refractivity contribution >= 4 is 33.3 Å². The minimum Gasteiger partial charge on any atom is -0.497 e. The van der Waals surface area contributed by atoms with Crippen molar-refractivity contribution in [2.45, 2.75) is 13.0 Å². The Labute approximate surface area is 156 Å². The molecule has 2 aromatic rings. The first-order valence-electron chi connectivity index (χ1n) is 8.29. The average Bonchev–Trinajstić information content (AvgIpc) is 2.63. The van der Waals surface area contributed by atoms with Crippen molar-refractivity contribution in [1.82, 2.24) is 4.90 Å². The van der Waals surface area contributed by atoms with Crippen molar-refractivity contribution in [3.05, 3.63) is 53.0 Å². The number of nitrogens with one attached hydrogen (secondary N) is 1. The summed E-state index contributed by atoms with van der Waals surface area (Å²) in [6, 6.07) is 15.9. The lowest BCUT2D eigenvalue weighted by Crippen LogP contribution is -2.54. The molecule has 1 heterocycles. The van der Waals surface area contributed by atoms with Gasteiger partial charge in [-0.25, -0.2) is 4.79 Å². The van der Waals surface area contributed by atoms with Gasteiger partial charge in [0, 0.05) is 41.5 Å². The zero-order chi connectivity index (χ0) is 17.8. The summed E-state index contributed by atoms with van der Waals surface area (Å²) in [4.78, 5) is 16.7. The largest absolute Gasteiger partial charge is 0.497 e. The van der Waals surface area contributed by atoms with Crippen LogP contribution in [0.3, 0.4) is 0 Å². The van der Waals surface area contributed by atoms with Crippen LogP contribution in [0.5, 0.6) is 5.75 Å². The van der Waals surface area contributed by atoms with E-state index in [0.29, 0.717) is 13.1 Å². The summed E-state index contributed by atoms with van der Waals surface area (Å²) in [5, 5.41) is 2.96. The van der Waals surface area contributed by atoms with Crippen LogP contribution in [-0.2, 0) is 0 Å². The number of anilines is 2. The van der Waals surface area contributed by atoms with E-state index >= 15 is 0 Å². The van der Waals surface area contributed by atoms with Gasteiger partial charge in [-0.1, -0.05) is 15.9 Å². The molecule has 3 rings (SSSR count). The maximum Gasteiger partial charge on any atom is 0.321 e. The Morgan fingerprint density at radius 3 is 2.40 bits per heavy atom. The predicted octanol–water partition coefficient (Wildman–Crippen LogP) is 4.20. The van der Waals surface area contributed by atoms with Crippen molar-refractivity contribution < 1.29 is 9.53 Å². The zero-order valence-corrected chi connectivity index (χ0v) is 16.0. The minimum atomic E-state index is -0.0523. The maximum atomic E-state index is 12.5. The standard InChI is InChI=1S/C19H22BrN3O2/c1-14-13-22(19(24)21-16-5-3-15(20)4-6-16)11-12-23(14)17-7-9-18(25-2)10-8-17/h3-10,14H,11-13H2,1-2H3,(H,21,24). The smallest absolute Gasteiger partial charge is 0.321 e. The maximum absolute atomic E-state index is 12.5. The molecule has 0 radical (unpaired) electrons. The highest BCUT2D eigenvalue weighted by Crippen LogP contribution is 2.24. The summed E-state index contributed by atoms with van der Waals surface area (Å²) in [6.45, 7) is 4.33. The molecule has 25 heavy (non-hydrogen) atoms. The number of piperazine rings is 1. The number of methoxy groups -OCH3 is 1. The van der Waals surface area contributed by atoms with Crippen LogP contribution in [0.1, 0.15) is 6.92 Å². The third-order valence-corrected chi connectivity index (χ3v) is 4.94. The Morgan fingerprint density at radius 1 is 1.12 bits per heavy atom. The summed E-state index contributed by atoms with van der Waals surface area (Å²) >= 11 is 3.40. The molecule has 1 saturated heterocycles. The number of rotatable bonds is 3. The number of hydrogen-bond donors (Lipinski definition) is 1. The molecule has 5 nitrogen and oxygen atoms in total. The lowest BCUT2D eigenvalue weighted by Gasteiger charge is -2.41. The van der Waals surface area contributed by atoms with E-state index in [0.717, 1.165) is 28.1 Å². The monoisotopic (exact) mass is 403 g/mol. The number of urea groups is 1. The molecule has 0 aromatic heterocycles. The van der Waals surface area contributed by atoms with Crippen LogP contribution >= 0.6 is 15.9 Å². The Bertz CT molecular complexity index is 718. The first-order valence-corrected chi connectivity index (χ1v) is 9.08. The third-order valence-electron chi connectivity index (χ3n) is 4.41. The lowest BCUT2D eigenvalue weighted by atomic mass is 10.1. The molecule has 1 unspecified atom stereocenters. The van der Waals surface area contributed by atoms with Crippen molar-refractivity contribution in [1.29, 1.82) is 0 Å². The second-order valence-corrected chi connectivity index (χ2v) is 7.04. The molecule has 0 saturated carbocycles. The van der Waals surface area contributed by atoms with Crippen LogP contribution in [0.4, 0.5) is 16.2 Å². The van der Waals surface area contributed by atoms with Gasteiger partial charge in [0.05, 0.1) is 7.11 Å². The van der Waals surface area contributed by atoms with Gasteiger partial charge in [0.25, 0.3) is 0 Å². The third kappa shape index (κ3) is 4.25. The van der Waals surface area contributed by atoms with Crippen LogP contribution in [0.2, 0.25) is 0 Å². The molecule has 0 spiro atoms. The number of carbonyl (C=O) groups is 1. The summed E-state index contributed by atoms with van der Waals surface area (Å²) in [5.74, 6) is 0.851. The summed E-state index contributed by atoms with van der Waals surface area (Å²) < 4.78 is 6.21. The number of amides is 2. The van der Waals surface area contributed by atoms with E-state index in [4.69, 9.17) is 4.74 Å². The minimum absolute atomic E-state index is 0.0523. The highest BCUT2D eigenvalue weighted by molar-refractivity contribution is 9.10. The van der Waals surface area contributed by atoms with Gasteiger partial charge in [-0.05, 0) is 55.5 Å².